The van der Waals surface area contributed by atoms with Crippen LogP contribution in [0.2, 0.25) is 0 Å². The van der Waals surface area contributed by atoms with Crippen LogP contribution < -0.4 is 0 Å². The zero-order valence-electron chi connectivity index (χ0n) is 21.2. The van der Waals surface area contributed by atoms with Gasteiger partial charge in [0.2, 0.25) is 0 Å². The lowest BCUT2D eigenvalue weighted by Gasteiger charge is -2.58. The lowest BCUT2D eigenvalue weighted by Crippen LogP contribution is -2.51. The maximum absolute atomic E-state index is 12.6. The first-order valence-corrected chi connectivity index (χ1v) is 13.9. The molecule has 4 aliphatic carbocycles. The largest absolute Gasteiger partial charge is 0.462 e. The number of likely N-dealkylation sites (tertiary alicyclic amines) is 1. The molecule has 0 amide bonds. The third kappa shape index (κ3) is 4.23. The van der Waals surface area contributed by atoms with Crippen molar-refractivity contribution in [3.8, 4) is 0 Å². The Kier molecular flexibility index (Phi) is 6.52. The first-order valence-electron chi connectivity index (χ1n) is 13.9. The van der Waals surface area contributed by atoms with Crippen LogP contribution in [0, 0.1) is 34.5 Å². The van der Waals surface area contributed by atoms with Gasteiger partial charge in [0.05, 0.1) is 6.42 Å². The minimum atomic E-state index is -0.00174. The monoisotopic (exact) mass is 455 g/mol. The molecule has 0 aromatic rings. The average molecular weight is 456 g/mol. The summed E-state index contributed by atoms with van der Waals surface area (Å²) < 4.78 is 5.99. The quantitative estimate of drug-likeness (QED) is 0.380. The van der Waals surface area contributed by atoms with Crippen LogP contribution in [0.4, 0.5) is 0 Å². The van der Waals surface area contributed by atoms with Crippen LogP contribution >= 0.6 is 0 Å². The molecule has 0 aromatic carbocycles. The molecule has 5 aliphatic rings. The molecule has 184 valence electrons. The normalized spacial score (nSPS) is 43.1. The zero-order valence-corrected chi connectivity index (χ0v) is 21.2. The molecule has 0 spiro atoms. The average Bonchev–Trinajstić information content (AvgIpc) is 3.16. The summed E-state index contributed by atoms with van der Waals surface area (Å²) in [4.78, 5) is 27.4. The third-order valence-electron chi connectivity index (χ3n) is 10.9. The Morgan fingerprint density at radius 3 is 2.58 bits per heavy atom. The van der Waals surface area contributed by atoms with Crippen LogP contribution in [-0.2, 0) is 14.3 Å². The maximum Gasteiger partial charge on any atom is 0.307 e. The number of ether oxygens (including phenoxy) is 1. The minimum Gasteiger partial charge on any atom is -0.462 e. The SMILES string of the molecule is CC(=O)[C@H]1CC[C@H]2[C@@H]3CC=C4C[C@@H](OC(=O)CCN5CCCCC5)CC[C@]4(C)[C@H]3CC[C@]12C. The summed E-state index contributed by atoms with van der Waals surface area (Å²) >= 11 is 0. The van der Waals surface area contributed by atoms with E-state index in [-0.39, 0.29) is 28.8 Å². The summed E-state index contributed by atoms with van der Waals surface area (Å²) in [5, 5.41) is 0. The molecular weight excluding hydrogens is 410 g/mol. The van der Waals surface area contributed by atoms with Gasteiger partial charge in [-0.25, -0.2) is 0 Å². The smallest absolute Gasteiger partial charge is 0.307 e. The maximum atomic E-state index is 12.6. The predicted octanol–water partition coefficient (Wildman–Crippen LogP) is 5.94. The summed E-state index contributed by atoms with van der Waals surface area (Å²) in [5.74, 6) is 2.85. The Labute approximate surface area is 200 Å². The van der Waals surface area contributed by atoms with Gasteiger partial charge in [-0.2, -0.15) is 0 Å². The van der Waals surface area contributed by atoms with E-state index in [1.165, 1.54) is 38.5 Å². The third-order valence-corrected chi connectivity index (χ3v) is 10.9. The highest BCUT2D eigenvalue weighted by atomic mass is 16.5. The molecule has 0 N–H and O–H groups in total. The van der Waals surface area contributed by atoms with Gasteiger partial charge in [-0.15, -0.1) is 0 Å². The predicted molar refractivity (Wildman–Crippen MR) is 131 cm³/mol. The first kappa shape index (κ1) is 23.6. The number of carbonyl (C=O) groups excluding carboxylic acids is 2. The van der Waals surface area contributed by atoms with Crippen molar-refractivity contribution >= 4 is 11.8 Å². The van der Waals surface area contributed by atoms with Gasteiger partial charge in [0.25, 0.3) is 0 Å². The number of allylic oxidation sites excluding steroid dienone is 1. The molecule has 1 aliphatic heterocycles. The fourth-order valence-electron chi connectivity index (χ4n) is 9.07. The van der Waals surface area contributed by atoms with Gasteiger partial charge in [0, 0.05) is 18.9 Å². The van der Waals surface area contributed by atoms with Crippen LogP contribution in [-0.4, -0.2) is 42.4 Å². The molecule has 7 atom stereocenters. The molecule has 0 bridgehead atoms. The van der Waals surface area contributed by atoms with Crippen molar-refractivity contribution in [2.45, 2.75) is 104 Å². The Bertz CT molecular complexity index is 799. The van der Waals surface area contributed by atoms with E-state index in [0.717, 1.165) is 63.6 Å². The zero-order chi connectivity index (χ0) is 23.2. The Balaban J connectivity index is 1.21. The Morgan fingerprint density at radius 2 is 1.82 bits per heavy atom. The summed E-state index contributed by atoms with van der Waals surface area (Å²) in [7, 11) is 0. The molecule has 1 heterocycles. The van der Waals surface area contributed by atoms with Crippen molar-refractivity contribution in [2.75, 3.05) is 19.6 Å². The van der Waals surface area contributed by atoms with Gasteiger partial charge in [-0.05, 0) is 106 Å². The minimum absolute atomic E-state index is 0.00174. The lowest BCUT2D eigenvalue weighted by atomic mass is 9.47. The second kappa shape index (κ2) is 9.13. The summed E-state index contributed by atoms with van der Waals surface area (Å²) in [6.07, 6.45) is 16.0. The first-order chi connectivity index (χ1) is 15.8. The van der Waals surface area contributed by atoms with Crippen molar-refractivity contribution in [2.24, 2.45) is 34.5 Å². The van der Waals surface area contributed by atoms with Crippen LogP contribution in [0.15, 0.2) is 11.6 Å². The highest BCUT2D eigenvalue weighted by molar-refractivity contribution is 5.79. The van der Waals surface area contributed by atoms with E-state index in [0.29, 0.717) is 18.1 Å². The van der Waals surface area contributed by atoms with E-state index >= 15 is 0 Å². The summed E-state index contributed by atoms with van der Waals surface area (Å²) in [6.45, 7) is 9.88. The van der Waals surface area contributed by atoms with E-state index in [1.54, 1.807) is 5.57 Å². The lowest BCUT2D eigenvalue weighted by molar-refractivity contribution is -0.152. The van der Waals surface area contributed by atoms with Crippen molar-refractivity contribution in [1.82, 2.24) is 4.90 Å². The summed E-state index contributed by atoms with van der Waals surface area (Å²) in [5.41, 5.74) is 2.04. The van der Waals surface area contributed by atoms with Crippen LogP contribution in [0.3, 0.4) is 0 Å². The van der Waals surface area contributed by atoms with E-state index in [2.05, 4.69) is 24.8 Å². The molecule has 0 radical (unpaired) electrons. The molecule has 3 saturated carbocycles. The van der Waals surface area contributed by atoms with Gasteiger partial charge in [-0.1, -0.05) is 31.9 Å². The van der Waals surface area contributed by atoms with Gasteiger partial charge in [0.15, 0.2) is 0 Å². The van der Waals surface area contributed by atoms with Crippen molar-refractivity contribution in [3.63, 3.8) is 0 Å². The molecule has 0 unspecified atom stereocenters. The van der Waals surface area contributed by atoms with Gasteiger partial charge < -0.3 is 9.64 Å². The molecule has 33 heavy (non-hydrogen) atoms. The number of piperidine rings is 1. The topological polar surface area (TPSA) is 46.6 Å². The van der Waals surface area contributed by atoms with E-state index in [1.807, 2.05) is 6.92 Å². The number of carbonyl (C=O) groups is 2. The molecule has 4 nitrogen and oxygen atoms in total. The second-order valence-electron chi connectivity index (χ2n) is 12.6. The number of esters is 1. The van der Waals surface area contributed by atoms with Gasteiger partial charge in [0.1, 0.15) is 11.9 Å². The van der Waals surface area contributed by atoms with E-state index in [9.17, 15) is 9.59 Å². The number of hydrogen-bond donors (Lipinski definition) is 0. The number of fused-ring (bicyclic) bond motifs is 5. The van der Waals surface area contributed by atoms with Crippen LogP contribution in [0.25, 0.3) is 0 Å². The highest BCUT2D eigenvalue weighted by Gasteiger charge is 2.59. The van der Waals surface area contributed by atoms with E-state index < -0.39 is 0 Å². The standard InChI is InChI=1S/C29H45NO3/c1-20(31)24-9-10-25-23-8-7-21-19-22(33-27(32)13-18-30-16-5-4-6-17-30)11-14-28(21,2)26(23)12-15-29(24,25)3/h7,22-26H,4-6,8-19H2,1-3H3/t22-,23-,24+,25-,26-,28-,29+/m0/s1. The number of Topliss-reactive ketones (excluding diaryl/α,β-unsaturated/α-hetero) is 1. The molecule has 5 rings (SSSR count). The molecule has 4 fully saturated rings. The number of ketones is 1. The van der Waals surface area contributed by atoms with Crippen molar-refractivity contribution in [3.05, 3.63) is 11.6 Å². The molecular formula is C29H45NO3. The molecule has 0 aromatic heterocycles. The van der Waals surface area contributed by atoms with Gasteiger partial charge in [-0.3, -0.25) is 9.59 Å². The van der Waals surface area contributed by atoms with Crippen LogP contribution in [0.1, 0.15) is 97.8 Å². The summed E-state index contributed by atoms with van der Waals surface area (Å²) in [6, 6.07) is 0. The Morgan fingerprint density at radius 1 is 1.03 bits per heavy atom. The highest BCUT2D eigenvalue weighted by Crippen LogP contribution is 2.66. The second-order valence-corrected chi connectivity index (χ2v) is 12.6. The van der Waals surface area contributed by atoms with Crippen molar-refractivity contribution in [1.29, 1.82) is 0 Å². The van der Waals surface area contributed by atoms with E-state index in [4.69, 9.17) is 4.74 Å². The number of nitrogens with zero attached hydrogens (tertiary/aromatic N) is 1. The van der Waals surface area contributed by atoms with Crippen molar-refractivity contribution < 1.29 is 14.3 Å². The number of rotatable bonds is 5. The molecule has 4 heteroatoms. The fraction of sp³-hybridized carbons (Fsp3) is 0.862. The molecule has 1 saturated heterocycles. The van der Waals surface area contributed by atoms with Crippen LogP contribution in [0.5, 0.6) is 0 Å². The Hall–Kier alpha value is -1.16. The fourth-order valence-corrected chi connectivity index (χ4v) is 9.07. The number of hydrogen-bond acceptors (Lipinski definition) is 4. The van der Waals surface area contributed by atoms with Gasteiger partial charge >= 0.3 is 5.97 Å².